The van der Waals surface area contributed by atoms with Crippen LogP contribution in [0.25, 0.3) is 0 Å². The Morgan fingerprint density at radius 3 is 1.85 bits per heavy atom. The lowest BCUT2D eigenvalue weighted by molar-refractivity contribution is -0.116. The molecule has 0 saturated heterocycles. The molecular weight excluding hydrogens is 481 g/mol. The molecule has 34 heavy (non-hydrogen) atoms. The minimum Gasteiger partial charge on any atom is -0.497 e. The molecule has 3 aromatic carbocycles. The SMILES string of the molecule is COc1ccc(NC(=O)c2ccc(NC(=O)CN3C(=O)c4cc(Cl)c(Cl)cc4C3=O)cc2)cc1. The highest BCUT2D eigenvalue weighted by atomic mass is 35.5. The second kappa shape index (κ2) is 9.54. The molecule has 4 rings (SSSR count). The summed E-state index contributed by atoms with van der Waals surface area (Å²) in [5, 5.41) is 5.65. The van der Waals surface area contributed by atoms with E-state index in [4.69, 9.17) is 27.9 Å². The molecule has 0 unspecified atom stereocenters. The minimum absolute atomic E-state index is 0.0967. The van der Waals surface area contributed by atoms with Gasteiger partial charge in [0, 0.05) is 16.9 Å². The number of anilines is 2. The number of carbonyl (C=O) groups excluding carboxylic acids is 4. The standard InChI is InChI=1S/C24H17Cl2N3O5/c1-34-16-8-6-15(7-9-16)28-22(31)13-2-4-14(5-3-13)27-21(30)12-29-23(32)17-10-19(25)20(26)11-18(17)24(29)33/h2-11H,12H2,1H3,(H,27,30)(H,28,31). The molecule has 1 aliphatic heterocycles. The van der Waals surface area contributed by atoms with Crippen LogP contribution in [-0.4, -0.2) is 42.2 Å². The Kier molecular flexibility index (Phi) is 6.54. The van der Waals surface area contributed by atoms with E-state index < -0.39 is 24.3 Å². The largest absolute Gasteiger partial charge is 0.497 e. The fourth-order valence-corrected chi connectivity index (χ4v) is 3.68. The van der Waals surface area contributed by atoms with Crippen LogP contribution in [-0.2, 0) is 4.79 Å². The number of fused-ring (bicyclic) bond motifs is 1. The zero-order valence-electron chi connectivity index (χ0n) is 17.7. The fraction of sp³-hybridized carbons (Fsp3) is 0.0833. The third-order valence-electron chi connectivity index (χ3n) is 5.09. The van der Waals surface area contributed by atoms with Crippen LogP contribution < -0.4 is 15.4 Å². The van der Waals surface area contributed by atoms with Crippen molar-refractivity contribution in [2.45, 2.75) is 0 Å². The molecule has 172 valence electrons. The predicted molar refractivity (Wildman–Crippen MR) is 128 cm³/mol. The van der Waals surface area contributed by atoms with Crippen LogP contribution in [0.3, 0.4) is 0 Å². The first-order valence-electron chi connectivity index (χ1n) is 9.97. The normalized spacial score (nSPS) is 12.4. The predicted octanol–water partition coefficient (Wildman–Crippen LogP) is 4.49. The molecule has 0 spiro atoms. The van der Waals surface area contributed by atoms with E-state index in [-0.39, 0.29) is 27.1 Å². The van der Waals surface area contributed by atoms with Crippen molar-refractivity contribution in [2.24, 2.45) is 0 Å². The number of hydrogen-bond donors (Lipinski definition) is 2. The van der Waals surface area contributed by atoms with Gasteiger partial charge in [-0.15, -0.1) is 0 Å². The van der Waals surface area contributed by atoms with Crippen LogP contribution >= 0.6 is 23.2 Å². The van der Waals surface area contributed by atoms with Gasteiger partial charge < -0.3 is 15.4 Å². The Morgan fingerprint density at radius 1 is 0.824 bits per heavy atom. The summed E-state index contributed by atoms with van der Waals surface area (Å²) in [6.45, 7) is -0.485. The second-order valence-corrected chi connectivity index (χ2v) is 8.13. The summed E-state index contributed by atoms with van der Waals surface area (Å²) < 4.78 is 5.08. The van der Waals surface area contributed by atoms with Crippen molar-refractivity contribution in [1.29, 1.82) is 0 Å². The van der Waals surface area contributed by atoms with E-state index in [1.54, 1.807) is 55.6 Å². The first kappa shape index (κ1) is 23.3. The van der Waals surface area contributed by atoms with Crippen molar-refractivity contribution in [3.05, 3.63) is 87.4 Å². The summed E-state index contributed by atoms with van der Waals surface area (Å²) in [6, 6.07) is 15.7. The lowest BCUT2D eigenvalue weighted by Crippen LogP contribution is -2.37. The number of hydrogen-bond acceptors (Lipinski definition) is 5. The molecule has 0 bridgehead atoms. The maximum Gasteiger partial charge on any atom is 0.262 e. The van der Waals surface area contributed by atoms with Gasteiger partial charge in [-0.2, -0.15) is 0 Å². The number of carbonyl (C=O) groups is 4. The first-order chi connectivity index (χ1) is 16.3. The average Bonchev–Trinajstić information content (AvgIpc) is 3.04. The smallest absolute Gasteiger partial charge is 0.262 e. The summed E-state index contributed by atoms with van der Waals surface area (Å²) in [5.41, 5.74) is 1.57. The maximum atomic E-state index is 12.5. The van der Waals surface area contributed by atoms with Crippen LogP contribution in [0.15, 0.2) is 60.7 Å². The highest BCUT2D eigenvalue weighted by Gasteiger charge is 2.37. The van der Waals surface area contributed by atoms with Crippen LogP contribution in [0.2, 0.25) is 10.0 Å². The molecule has 0 saturated carbocycles. The van der Waals surface area contributed by atoms with Crippen molar-refractivity contribution < 1.29 is 23.9 Å². The zero-order chi connectivity index (χ0) is 24.4. The third-order valence-corrected chi connectivity index (χ3v) is 5.81. The second-order valence-electron chi connectivity index (χ2n) is 7.32. The van der Waals surface area contributed by atoms with Crippen LogP contribution in [0.5, 0.6) is 5.75 Å². The molecule has 0 aliphatic carbocycles. The Hall–Kier alpha value is -3.88. The van der Waals surface area contributed by atoms with Crippen molar-refractivity contribution >= 4 is 58.2 Å². The van der Waals surface area contributed by atoms with E-state index >= 15 is 0 Å². The molecule has 1 aliphatic rings. The van der Waals surface area contributed by atoms with Gasteiger partial charge in [0.25, 0.3) is 17.7 Å². The molecule has 2 N–H and O–H groups in total. The highest BCUT2D eigenvalue weighted by molar-refractivity contribution is 6.43. The average molecular weight is 498 g/mol. The van der Waals surface area contributed by atoms with E-state index in [2.05, 4.69) is 10.6 Å². The van der Waals surface area contributed by atoms with Gasteiger partial charge in [0.2, 0.25) is 5.91 Å². The quantitative estimate of drug-likeness (QED) is 0.488. The number of halogens is 2. The molecule has 0 radical (unpaired) electrons. The lowest BCUT2D eigenvalue weighted by atomic mass is 10.1. The maximum absolute atomic E-state index is 12.5. The highest BCUT2D eigenvalue weighted by Crippen LogP contribution is 2.31. The number of imide groups is 1. The van der Waals surface area contributed by atoms with Crippen molar-refractivity contribution in [1.82, 2.24) is 4.90 Å². The molecule has 0 atom stereocenters. The molecule has 8 nitrogen and oxygen atoms in total. The summed E-state index contributed by atoms with van der Waals surface area (Å²) in [6.07, 6.45) is 0. The topological polar surface area (TPSA) is 105 Å². The van der Waals surface area contributed by atoms with Crippen molar-refractivity contribution in [3.8, 4) is 5.75 Å². The first-order valence-corrected chi connectivity index (χ1v) is 10.7. The number of benzene rings is 3. The number of nitrogens with one attached hydrogen (secondary N) is 2. The minimum atomic E-state index is -0.626. The van der Waals surface area contributed by atoms with E-state index in [0.29, 0.717) is 22.7 Å². The van der Waals surface area contributed by atoms with Gasteiger partial charge >= 0.3 is 0 Å². The van der Waals surface area contributed by atoms with Gasteiger partial charge in [-0.3, -0.25) is 24.1 Å². The molecule has 10 heteroatoms. The Morgan fingerprint density at radius 2 is 1.32 bits per heavy atom. The van der Waals surface area contributed by atoms with E-state index in [1.807, 2.05) is 0 Å². The van der Waals surface area contributed by atoms with Crippen LogP contribution in [0, 0.1) is 0 Å². The van der Waals surface area contributed by atoms with E-state index in [9.17, 15) is 19.2 Å². The molecule has 3 aromatic rings. The summed E-state index contributed by atoms with van der Waals surface area (Å²) >= 11 is 11.9. The van der Waals surface area contributed by atoms with Gasteiger partial charge in [-0.25, -0.2) is 0 Å². The number of nitrogens with zero attached hydrogens (tertiary/aromatic N) is 1. The third kappa shape index (κ3) is 4.73. The number of methoxy groups -OCH3 is 1. The fourth-order valence-electron chi connectivity index (χ4n) is 3.35. The molecule has 0 fully saturated rings. The molecular formula is C24H17Cl2N3O5. The van der Waals surface area contributed by atoms with Gasteiger partial charge in [0.05, 0.1) is 28.3 Å². The Balaban J connectivity index is 1.37. The van der Waals surface area contributed by atoms with Gasteiger partial charge in [0.1, 0.15) is 12.3 Å². The van der Waals surface area contributed by atoms with Crippen molar-refractivity contribution in [3.63, 3.8) is 0 Å². The molecule has 1 heterocycles. The van der Waals surface area contributed by atoms with Crippen molar-refractivity contribution in [2.75, 3.05) is 24.3 Å². The molecule has 4 amide bonds. The van der Waals surface area contributed by atoms with Gasteiger partial charge in [0.15, 0.2) is 0 Å². The summed E-state index contributed by atoms with van der Waals surface area (Å²) in [5.74, 6) is -1.49. The lowest BCUT2D eigenvalue weighted by Gasteiger charge is -2.14. The Labute approximate surface area is 204 Å². The summed E-state index contributed by atoms with van der Waals surface area (Å²) in [4.78, 5) is 50.8. The zero-order valence-corrected chi connectivity index (χ0v) is 19.2. The van der Waals surface area contributed by atoms with Gasteiger partial charge in [-0.05, 0) is 60.7 Å². The number of ether oxygens (including phenoxy) is 1. The van der Waals surface area contributed by atoms with E-state index in [1.165, 1.54) is 12.1 Å². The number of amides is 4. The summed E-state index contributed by atoms with van der Waals surface area (Å²) in [7, 11) is 1.56. The van der Waals surface area contributed by atoms with E-state index in [0.717, 1.165) is 4.90 Å². The van der Waals surface area contributed by atoms with Crippen LogP contribution in [0.4, 0.5) is 11.4 Å². The monoisotopic (exact) mass is 497 g/mol. The van der Waals surface area contributed by atoms with Gasteiger partial charge in [-0.1, -0.05) is 23.2 Å². The van der Waals surface area contributed by atoms with Crippen LogP contribution in [0.1, 0.15) is 31.1 Å². The molecule has 0 aromatic heterocycles. The number of rotatable bonds is 6. The Bertz CT molecular complexity index is 1270.